The van der Waals surface area contributed by atoms with E-state index in [9.17, 15) is 4.79 Å². The van der Waals surface area contributed by atoms with Crippen molar-refractivity contribution in [3.8, 4) is 0 Å². The lowest BCUT2D eigenvalue weighted by Gasteiger charge is -2.24. The first-order valence-electron chi connectivity index (χ1n) is 5.02. The van der Waals surface area contributed by atoms with Crippen molar-refractivity contribution >= 4 is 5.97 Å². The van der Waals surface area contributed by atoms with Gasteiger partial charge in [0.15, 0.2) is 0 Å². The monoisotopic (exact) mass is 210 g/mol. The second-order valence-electron chi connectivity index (χ2n) is 4.44. The molecule has 4 heteroatoms. The molecule has 0 aliphatic carbocycles. The maximum Gasteiger partial charge on any atom is 0.303 e. The van der Waals surface area contributed by atoms with Crippen LogP contribution in [0.25, 0.3) is 0 Å². The normalized spacial score (nSPS) is 11.5. The van der Waals surface area contributed by atoms with E-state index < -0.39 is 5.60 Å². The zero-order valence-corrected chi connectivity index (χ0v) is 9.97. The molecule has 0 aliphatic heterocycles. The maximum absolute atomic E-state index is 10.9. The Hall–Kier alpha value is -1.32. The lowest BCUT2D eigenvalue weighted by atomic mass is 9.97. The van der Waals surface area contributed by atoms with Crippen LogP contribution in [0.2, 0.25) is 0 Å². The molecule has 0 aliphatic rings. The van der Waals surface area contributed by atoms with Gasteiger partial charge >= 0.3 is 5.97 Å². The maximum atomic E-state index is 10.9. The minimum atomic E-state index is -0.481. The summed E-state index contributed by atoms with van der Waals surface area (Å²) in [4.78, 5) is 10.9. The van der Waals surface area contributed by atoms with Gasteiger partial charge in [0.2, 0.25) is 0 Å². The first-order valence-corrected chi connectivity index (χ1v) is 5.02. The van der Waals surface area contributed by atoms with Gasteiger partial charge < -0.3 is 4.74 Å². The highest BCUT2D eigenvalue weighted by molar-refractivity contribution is 5.66. The van der Waals surface area contributed by atoms with Crippen molar-refractivity contribution in [3.63, 3.8) is 0 Å². The summed E-state index contributed by atoms with van der Waals surface area (Å²) in [5.74, 6) is -0.251. The van der Waals surface area contributed by atoms with Crippen LogP contribution in [0.4, 0.5) is 0 Å². The van der Waals surface area contributed by atoms with Gasteiger partial charge in [0.1, 0.15) is 5.60 Å². The highest BCUT2D eigenvalue weighted by atomic mass is 16.6. The van der Waals surface area contributed by atoms with Crippen molar-refractivity contribution < 1.29 is 9.53 Å². The van der Waals surface area contributed by atoms with Crippen LogP contribution in [0.3, 0.4) is 0 Å². The topological polar surface area (TPSA) is 55.0 Å². The van der Waals surface area contributed by atoms with Crippen LogP contribution in [0.15, 0.2) is 0 Å². The van der Waals surface area contributed by atoms with Gasteiger partial charge in [-0.3, -0.25) is 9.89 Å². The number of carbonyl (C=O) groups is 1. The van der Waals surface area contributed by atoms with Crippen LogP contribution in [-0.2, 0) is 16.0 Å². The van der Waals surface area contributed by atoms with Gasteiger partial charge in [-0.25, -0.2) is 0 Å². The summed E-state index contributed by atoms with van der Waals surface area (Å²) in [6, 6.07) is 0. The summed E-state index contributed by atoms with van der Waals surface area (Å²) in [5, 5.41) is 7.04. The number of H-pyrrole nitrogens is 1. The fraction of sp³-hybridized carbons (Fsp3) is 0.636. The van der Waals surface area contributed by atoms with E-state index >= 15 is 0 Å². The number of nitrogens with zero attached hydrogens (tertiary/aromatic N) is 1. The molecular weight excluding hydrogens is 192 g/mol. The molecule has 0 saturated carbocycles. The summed E-state index contributed by atoms with van der Waals surface area (Å²) >= 11 is 0. The largest absolute Gasteiger partial charge is 0.459 e. The van der Waals surface area contributed by atoms with E-state index in [0.717, 1.165) is 17.0 Å². The Morgan fingerprint density at radius 2 is 2.07 bits per heavy atom. The minimum Gasteiger partial charge on any atom is -0.459 e. The molecular formula is C11H18N2O2. The van der Waals surface area contributed by atoms with Crippen molar-refractivity contribution in [3.05, 3.63) is 17.0 Å². The second kappa shape index (κ2) is 4.04. The molecule has 1 rings (SSSR count). The van der Waals surface area contributed by atoms with E-state index in [2.05, 4.69) is 10.2 Å². The van der Waals surface area contributed by atoms with E-state index in [4.69, 9.17) is 4.74 Å². The standard InChI is InChI=1S/C11H18N2O2/c1-7-10(8(2)13-12-7)6-11(4,5)15-9(3)14/h6H2,1-5H3,(H,12,13). The van der Waals surface area contributed by atoms with Gasteiger partial charge in [0.25, 0.3) is 0 Å². The van der Waals surface area contributed by atoms with Crippen LogP contribution in [0, 0.1) is 13.8 Å². The van der Waals surface area contributed by atoms with E-state index in [-0.39, 0.29) is 5.97 Å². The molecule has 0 bridgehead atoms. The van der Waals surface area contributed by atoms with E-state index in [0.29, 0.717) is 6.42 Å². The molecule has 0 fully saturated rings. The molecule has 4 nitrogen and oxygen atoms in total. The Morgan fingerprint density at radius 3 is 2.47 bits per heavy atom. The second-order valence-corrected chi connectivity index (χ2v) is 4.44. The molecule has 1 aromatic heterocycles. The molecule has 0 saturated heterocycles. The van der Waals surface area contributed by atoms with Crippen molar-refractivity contribution in [2.75, 3.05) is 0 Å². The van der Waals surface area contributed by atoms with E-state index in [1.165, 1.54) is 6.92 Å². The van der Waals surface area contributed by atoms with Crippen molar-refractivity contribution in [1.29, 1.82) is 0 Å². The number of aryl methyl sites for hydroxylation is 2. The summed E-state index contributed by atoms with van der Waals surface area (Å²) in [6.45, 7) is 9.15. The minimum absolute atomic E-state index is 0.251. The average molecular weight is 210 g/mol. The Labute approximate surface area is 90.0 Å². The van der Waals surface area contributed by atoms with Gasteiger partial charge in [-0.2, -0.15) is 5.10 Å². The third-order valence-corrected chi connectivity index (χ3v) is 2.30. The predicted molar refractivity (Wildman–Crippen MR) is 57.6 cm³/mol. The zero-order valence-electron chi connectivity index (χ0n) is 9.97. The molecule has 0 amide bonds. The van der Waals surface area contributed by atoms with E-state index in [1.807, 2.05) is 27.7 Å². The number of rotatable bonds is 3. The lowest BCUT2D eigenvalue weighted by Crippen LogP contribution is -2.30. The number of aromatic nitrogens is 2. The Kier molecular flexibility index (Phi) is 3.17. The summed E-state index contributed by atoms with van der Waals surface area (Å²) < 4.78 is 5.24. The van der Waals surface area contributed by atoms with Crippen LogP contribution in [0.5, 0.6) is 0 Å². The van der Waals surface area contributed by atoms with E-state index in [1.54, 1.807) is 0 Å². The average Bonchev–Trinajstić information content (AvgIpc) is 2.33. The smallest absolute Gasteiger partial charge is 0.303 e. The fourth-order valence-corrected chi connectivity index (χ4v) is 1.69. The molecule has 15 heavy (non-hydrogen) atoms. The molecule has 0 unspecified atom stereocenters. The summed E-state index contributed by atoms with van der Waals surface area (Å²) in [7, 11) is 0. The number of carbonyl (C=O) groups excluding carboxylic acids is 1. The Balaban J connectivity index is 2.81. The number of hydrogen-bond acceptors (Lipinski definition) is 3. The highest BCUT2D eigenvalue weighted by Crippen LogP contribution is 2.20. The molecule has 0 aromatic carbocycles. The highest BCUT2D eigenvalue weighted by Gasteiger charge is 2.24. The zero-order chi connectivity index (χ0) is 11.6. The summed E-state index contributed by atoms with van der Waals surface area (Å²) in [6.07, 6.45) is 0.681. The van der Waals surface area contributed by atoms with Gasteiger partial charge in [0, 0.05) is 19.0 Å². The van der Waals surface area contributed by atoms with Crippen molar-refractivity contribution in [2.24, 2.45) is 0 Å². The van der Waals surface area contributed by atoms with Gasteiger partial charge in [-0.1, -0.05) is 0 Å². The first-order chi connectivity index (χ1) is 6.82. The number of esters is 1. The fourth-order valence-electron chi connectivity index (χ4n) is 1.69. The lowest BCUT2D eigenvalue weighted by molar-refractivity contribution is -0.153. The number of ether oxygens (including phenoxy) is 1. The van der Waals surface area contributed by atoms with Crippen molar-refractivity contribution in [1.82, 2.24) is 10.2 Å². The first kappa shape index (κ1) is 11.8. The third-order valence-electron chi connectivity index (χ3n) is 2.30. The molecule has 1 N–H and O–H groups in total. The quantitative estimate of drug-likeness (QED) is 0.775. The number of nitrogens with one attached hydrogen (secondary N) is 1. The van der Waals surface area contributed by atoms with Crippen LogP contribution < -0.4 is 0 Å². The summed E-state index contributed by atoms with van der Waals surface area (Å²) in [5.41, 5.74) is 2.65. The van der Waals surface area contributed by atoms with Crippen molar-refractivity contribution in [2.45, 2.75) is 46.6 Å². The Bertz CT molecular complexity index is 347. The number of aromatic amines is 1. The molecule has 0 spiro atoms. The molecule has 84 valence electrons. The van der Waals surface area contributed by atoms with Gasteiger partial charge in [0.05, 0.1) is 5.69 Å². The van der Waals surface area contributed by atoms with Gasteiger partial charge in [-0.15, -0.1) is 0 Å². The predicted octanol–water partition coefficient (Wildman–Crippen LogP) is 1.91. The van der Waals surface area contributed by atoms with Crippen LogP contribution in [-0.4, -0.2) is 21.8 Å². The van der Waals surface area contributed by atoms with Crippen LogP contribution in [0.1, 0.15) is 37.7 Å². The molecule has 0 atom stereocenters. The molecule has 1 heterocycles. The number of hydrogen-bond donors (Lipinski definition) is 1. The SMILES string of the molecule is CC(=O)OC(C)(C)Cc1c(C)n[nH]c1C. The molecule has 1 aromatic rings. The molecule has 0 radical (unpaired) electrons. The third kappa shape index (κ3) is 3.08. The Morgan fingerprint density at radius 1 is 1.47 bits per heavy atom. The van der Waals surface area contributed by atoms with Crippen LogP contribution >= 0.6 is 0 Å². The van der Waals surface area contributed by atoms with Gasteiger partial charge in [-0.05, 0) is 33.3 Å².